The Hall–Kier alpha value is -1.88. The van der Waals surface area contributed by atoms with Crippen LogP contribution in [0.4, 0.5) is 0 Å². The number of benzene rings is 1. The lowest BCUT2D eigenvalue weighted by Crippen LogP contribution is -2.17. The van der Waals surface area contributed by atoms with Crippen molar-refractivity contribution in [3.05, 3.63) is 35.3 Å². The Morgan fingerprint density at radius 1 is 1.35 bits per heavy atom. The van der Waals surface area contributed by atoms with Gasteiger partial charge >= 0.3 is 5.97 Å². The SMILES string of the molecule is COC(=O)CC(C)Oc1ccc(-c2nc(C)cs2)cc1. The Bertz CT molecular complexity index is 577. The summed E-state index contributed by atoms with van der Waals surface area (Å²) >= 11 is 1.62. The second-order valence-electron chi connectivity index (χ2n) is 4.53. The summed E-state index contributed by atoms with van der Waals surface area (Å²) in [4.78, 5) is 15.6. The average Bonchev–Trinajstić information content (AvgIpc) is 2.86. The second kappa shape index (κ2) is 6.52. The molecule has 4 nitrogen and oxygen atoms in total. The normalized spacial score (nSPS) is 11.9. The van der Waals surface area contributed by atoms with Gasteiger partial charge < -0.3 is 9.47 Å². The lowest BCUT2D eigenvalue weighted by molar-refractivity contribution is -0.142. The zero-order valence-electron chi connectivity index (χ0n) is 11.8. The predicted octanol–water partition coefficient (Wildman–Crippen LogP) is 3.45. The molecule has 2 rings (SSSR count). The van der Waals surface area contributed by atoms with E-state index in [1.165, 1.54) is 7.11 Å². The number of thiazole rings is 1. The van der Waals surface area contributed by atoms with Gasteiger partial charge in [-0.2, -0.15) is 0 Å². The maximum Gasteiger partial charge on any atom is 0.309 e. The fraction of sp³-hybridized carbons (Fsp3) is 0.333. The van der Waals surface area contributed by atoms with E-state index in [0.29, 0.717) is 0 Å². The van der Waals surface area contributed by atoms with Crippen molar-refractivity contribution >= 4 is 17.3 Å². The van der Waals surface area contributed by atoms with Crippen LogP contribution in [-0.4, -0.2) is 24.2 Å². The van der Waals surface area contributed by atoms with Crippen LogP contribution in [0.1, 0.15) is 19.0 Å². The van der Waals surface area contributed by atoms with Gasteiger partial charge in [0, 0.05) is 16.6 Å². The van der Waals surface area contributed by atoms with Crippen molar-refractivity contribution in [3.63, 3.8) is 0 Å². The zero-order chi connectivity index (χ0) is 14.5. The van der Waals surface area contributed by atoms with Crippen LogP contribution in [0.25, 0.3) is 10.6 Å². The number of hydrogen-bond donors (Lipinski definition) is 0. The standard InChI is InChI=1S/C15H17NO3S/c1-10-9-20-15(16-10)12-4-6-13(7-5-12)19-11(2)8-14(17)18-3/h4-7,9,11H,8H2,1-3H3. The van der Waals surface area contributed by atoms with Crippen LogP contribution in [0, 0.1) is 6.92 Å². The van der Waals surface area contributed by atoms with Crippen LogP contribution in [-0.2, 0) is 9.53 Å². The van der Waals surface area contributed by atoms with E-state index in [1.54, 1.807) is 11.3 Å². The minimum atomic E-state index is -0.271. The van der Waals surface area contributed by atoms with Crippen LogP contribution in [0.3, 0.4) is 0 Å². The minimum absolute atomic E-state index is 0.213. The number of carbonyl (C=O) groups is 1. The van der Waals surface area contributed by atoms with E-state index in [-0.39, 0.29) is 18.5 Å². The zero-order valence-corrected chi connectivity index (χ0v) is 12.6. The van der Waals surface area contributed by atoms with E-state index in [4.69, 9.17) is 4.74 Å². The lowest BCUT2D eigenvalue weighted by atomic mass is 10.2. The summed E-state index contributed by atoms with van der Waals surface area (Å²) in [6.45, 7) is 3.82. The van der Waals surface area contributed by atoms with Crippen LogP contribution >= 0.6 is 11.3 Å². The number of esters is 1. The van der Waals surface area contributed by atoms with Crippen LogP contribution in [0.15, 0.2) is 29.6 Å². The first-order valence-electron chi connectivity index (χ1n) is 6.34. The minimum Gasteiger partial charge on any atom is -0.490 e. The highest BCUT2D eigenvalue weighted by Gasteiger charge is 2.11. The maximum atomic E-state index is 11.1. The van der Waals surface area contributed by atoms with Gasteiger partial charge in [0.15, 0.2) is 0 Å². The Kier molecular flexibility index (Phi) is 4.74. The van der Waals surface area contributed by atoms with Crippen LogP contribution in [0.2, 0.25) is 0 Å². The highest BCUT2D eigenvalue weighted by atomic mass is 32.1. The van der Waals surface area contributed by atoms with Gasteiger partial charge in [-0.05, 0) is 38.1 Å². The fourth-order valence-corrected chi connectivity index (χ4v) is 2.56. The number of carbonyl (C=O) groups excluding carboxylic acids is 1. The largest absolute Gasteiger partial charge is 0.490 e. The summed E-state index contributed by atoms with van der Waals surface area (Å²) < 4.78 is 10.3. The van der Waals surface area contributed by atoms with Crippen LogP contribution < -0.4 is 4.74 Å². The van der Waals surface area contributed by atoms with Gasteiger partial charge in [-0.25, -0.2) is 4.98 Å². The summed E-state index contributed by atoms with van der Waals surface area (Å²) in [5.41, 5.74) is 2.09. The fourth-order valence-electron chi connectivity index (χ4n) is 1.75. The summed E-state index contributed by atoms with van der Waals surface area (Å²) in [7, 11) is 1.37. The molecule has 20 heavy (non-hydrogen) atoms. The molecular weight excluding hydrogens is 274 g/mol. The van der Waals surface area contributed by atoms with Gasteiger partial charge in [0.25, 0.3) is 0 Å². The Labute approximate surface area is 122 Å². The third-order valence-corrected chi connectivity index (χ3v) is 3.75. The van der Waals surface area contributed by atoms with Crippen molar-refractivity contribution < 1.29 is 14.3 Å². The van der Waals surface area contributed by atoms with Gasteiger partial charge in [0.1, 0.15) is 16.9 Å². The summed E-state index contributed by atoms with van der Waals surface area (Å²) in [5.74, 6) is 0.464. The second-order valence-corrected chi connectivity index (χ2v) is 5.39. The van der Waals surface area contributed by atoms with E-state index in [0.717, 1.165) is 22.0 Å². The highest BCUT2D eigenvalue weighted by Crippen LogP contribution is 2.26. The number of ether oxygens (including phenoxy) is 2. The first-order chi connectivity index (χ1) is 9.58. The molecule has 0 aliphatic carbocycles. The third kappa shape index (κ3) is 3.81. The van der Waals surface area contributed by atoms with Crippen LogP contribution in [0.5, 0.6) is 5.75 Å². The number of aromatic nitrogens is 1. The molecule has 0 N–H and O–H groups in total. The molecule has 1 aromatic carbocycles. The lowest BCUT2D eigenvalue weighted by Gasteiger charge is -2.13. The molecule has 0 spiro atoms. The third-order valence-electron chi connectivity index (χ3n) is 2.74. The molecule has 0 bridgehead atoms. The summed E-state index contributed by atoms with van der Waals surface area (Å²) in [5, 5.41) is 3.02. The number of aryl methyl sites for hydroxylation is 1. The van der Waals surface area contributed by atoms with Gasteiger partial charge in [-0.15, -0.1) is 11.3 Å². The molecule has 5 heteroatoms. The molecule has 2 aromatic rings. The summed E-state index contributed by atoms with van der Waals surface area (Å²) in [6, 6.07) is 7.72. The Morgan fingerprint density at radius 3 is 2.60 bits per heavy atom. The molecule has 0 radical (unpaired) electrons. The molecular formula is C15H17NO3S. The van der Waals surface area contributed by atoms with Crippen molar-refractivity contribution in [2.24, 2.45) is 0 Å². The monoisotopic (exact) mass is 291 g/mol. The molecule has 1 unspecified atom stereocenters. The van der Waals surface area contributed by atoms with Crippen molar-refractivity contribution in [1.29, 1.82) is 0 Å². The van der Waals surface area contributed by atoms with Gasteiger partial charge in [0.2, 0.25) is 0 Å². The average molecular weight is 291 g/mol. The number of rotatable bonds is 5. The topological polar surface area (TPSA) is 48.4 Å². The molecule has 1 heterocycles. The molecule has 0 aliphatic rings. The number of methoxy groups -OCH3 is 1. The molecule has 0 saturated carbocycles. The van der Waals surface area contributed by atoms with Crippen molar-refractivity contribution in [1.82, 2.24) is 4.98 Å². The summed E-state index contributed by atoms with van der Waals surface area (Å²) in [6.07, 6.45) is 0.0274. The van der Waals surface area contributed by atoms with Crippen molar-refractivity contribution in [3.8, 4) is 16.3 Å². The molecule has 0 fully saturated rings. The van der Waals surface area contributed by atoms with Gasteiger partial charge in [-0.3, -0.25) is 4.79 Å². The van der Waals surface area contributed by atoms with E-state index >= 15 is 0 Å². The highest BCUT2D eigenvalue weighted by molar-refractivity contribution is 7.13. The molecule has 1 atom stereocenters. The van der Waals surface area contributed by atoms with E-state index in [1.807, 2.05) is 43.5 Å². The smallest absolute Gasteiger partial charge is 0.309 e. The first-order valence-corrected chi connectivity index (χ1v) is 7.22. The van der Waals surface area contributed by atoms with Crippen molar-refractivity contribution in [2.45, 2.75) is 26.4 Å². The van der Waals surface area contributed by atoms with Gasteiger partial charge in [0.05, 0.1) is 13.5 Å². The van der Waals surface area contributed by atoms with Crippen molar-refractivity contribution in [2.75, 3.05) is 7.11 Å². The Morgan fingerprint density at radius 2 is 2.05 bits per heavy atom. The molecule has 0 aliphatic heterocycles. The van der Waals surface area contributed by atoms with Gasteiger partial charge in [-0.1, -0.05) is 0 Å². The molecule has 106 valence electrons. The Balaban J connectivity index is 1.99. The van der Waals surface area contributed by atoms with E-state index in [2.05, 4.69) is 9.72 Å². The predicted molar refractivity (Wildman–Crippen MR) is 79.0 cm³/mol. The number of nitrogens with zero attached hydrogens (tertiary/aromatic N) is 1. The molecule has 0 saturated heterocycles. The quantitative estimate of drug-likeness (QED) is 0.792. The van der Waals surface area contributed by atoms with E-state index in [9.17, 15) is 4.79 Å². The molecule has 1 aromatic heterocycles. The van der Waals surface area contributed by atoms with E-state index < -0.39 is 0 Å². The number of hydrogen-bond acceptors (Lipinski definition) is 5. The molecule has 0 amide bonds. The first kappa shape index (κ1) is 14.5. The maximum absolute atomic E-state index is 11.1.